The number of carbonyl (C=O) groups excluding carboxylic acids is 3. The molecule has 3 amide bonds. The highest BCUT2D eigenvalue weighted by atomic mass is 32.1. The Hall–Kier alpha value is -2.02. The first-order valence-corrected chi connectivity index (χ1v) is 11.0. The van der Waals surface area contributed by atoms with Gasteiger partial charge in [0, 0.05) is 11.1 Å². The van der Waals surface area contributed by atoms with Crippen molar-refractivity contribution in [3.8, 4) is 0 Å². The number of fused-ring (bicyclic) bond motifs is 1. The maximum atomic E-state index is 13.2. The van der Waals surface area contributed by atoms with Crippen LogP contribution in [0.4, 0.5) is 0 Å². The number of nitrogens with one attached hydrogen (secondary N) is 1. The molecule has 1 aliphatic carbocycles. The number of hydrogen-bond donors (Lipinski definition) is 1. The molecule has 3 rings (SSSR count). The smallest absolute Gasteiger partial charge is 0.243 e. The molecule has 28 heavy (non-hydrogen) atoms. The largest absolute Gasteiger partial charge is 0.345 e. The lowest BCUT2D eigenvalue weighted by Gasteiger charge is -2.28. The molecule has 2 aliphatic rings. The minimum atomic E-state index is -0.763. The van der Waals surface area contributed by atoms with E-state index in [9.17, 15) is 14.4 Å². The van der Waals surface area contributed by atoms with Gasteiger partial charge in [-0.2, -0.15) is 0 Å². The highest BCUT2D eigenvalue weighted by Crippen LogP contribution is 2.37. The van der Waals surface area contributed by atoms with E-state index in [1.54, 1.807) is 0 Å². The minimum absolute atomic E-state index is 0.180. The van der Waals surface area contributed by atoms with Crippen LogP contribution in [0, 0.1) is 24.7 Å². The Kier molecular flexibility index (Phi) is 6.33. The number of nitrogens with zero attached hydrogens (tertiary/aromatic N) is 2. The molecule has 2 heterocycles. The number of thiazole rings is 1. The van der Waals surface area contributed by atoms with Crippen molar-refractivity contribution < 1.29 is 14.4 Å². The second kappa shape index (κ2) is 8.55. The van der Waals surface area contributed by atoms with Gasteiger partial charge >= 0.3 is 0 Å². The van der Waals surface area contributed by atoms with Gasteiger partial charge in [-0.1, -0.05) is 32.9 Å². The zero-order chi connectivity index (χ0) is 20.4. The van der Waals surface area contributed by atoms with Gasteiger partial charge in [0.05, 0.1) is 17.9 Å². The lowest BCUT2D eigenvalue weighted by Crippen LogP contribution is -2.51. The van der Waals surface area contributed by atoms with Crippen molar-refractivity contribution in [2.45, 2.75) is 65.5 Å². The van der Waals surface area contributed by atoms with Crippen LogP contribution in [0.2, 0.25) is 0 Å². The molecule has 6 nitrogen and oxygen atoms in total. The molecular formula is C21H29N3O3S. The van der Waals surface area contributed by atoms with Crippen LogP contribution in [0.25, 0.3) is 0 Å². The average Bonchev–Trinajstić information content (AvgIpc) is 3.20. The van der Waals surface area contributed by atoms with Crippen LogP contribution in [-0.2, 0) is 14.4 Å². The van der Waals surface area contributed by atoms with Crippen molar-refractivity contribution in [1.29, 1.82) is 0 Å². The highest BCUT2D eigenvalue weighted by molar-refractivity contribution is 7.09. The molecule has 1 saturated heterocycles. The Morgan fingerprint density at radius 3 is 2.32 bits per heavy atom. The standard InChI is InChI=1S/C21H29N3O3S/c1-5-16(19-22-13(4)11-28-19)23-18(25)17(10-12(2)3)24-20(26)14-8-6-7-9-15(14)21(24)27/h6-7,11-12,14-17H,5,8-10H2,1-4H3,(H,23,25). The lowest BCUT2D eigenvalue weighted by atomic mass is 9.85. The molecule has 0 aromatic carbocycles. The summed E-state index contributed by atoms with van der Waals surface area (Å²) >= 11 is 1.52. The zero-order valence-electron chi connectivity index (χ0n) is 17.0. The van der Waals surface area contributed by atoms with Gasteiger partial charge < -0.3 is 5.32 Å². The average molecular weight is 404 g/mol. The normalized spacial score (nSPS) is 23.8. The molecule has 4 atom stereocenters. The van der Waals surface area contributed by atoms with Crippen LogP contribution in [0.1, 0.15) is 63.2 Å². The van der Waals surface area contributed by atoms with Crippen LogP contribution in [0.3, 0.4) is 0 Å². The third kappa shape index (κ3) is 4.04. The van der Waals surface area contributed by atoms with Crippen LogP contribution < -0.4 is 5.32 Å². The number of aryl methyl sites for hydroxylation is 1. The van der Waals surface area contributed by atoms with E-state index in [-0.39, 0.29) is 41.5 Å². The molecule has 1 aromatic heterocycles. The molecule has 1 aliphatic heterocycles. The van der Waals surface area contributed by atoms with E-state index in [1.807, 2.05) is 45.2 Å². The molecule has 7 heteroatoms. The van der Waals surface area contributed by atoms with Crippen molar-refractivity contribution in [3.63, 3.8) is 0 Å². The summed E-state index contributed by atoms with van der Waals surface area (Å²) in [5.74, 6) is -1.11. The molecule has 0 spiro atoms. The number of amides is 3. The van der Waals surface area contributed by atoms with Gasteiger partial charge in [-0.3, -0.25) is 19.3 Å². The first-order chi connectivity index (χ1) is 13.3. The first kappa shape index (κ1) is 20.7. The number of aromatic nitrogens is 1. The fraction of sp³-hybridized carbons (Fsp3) is 0.619. The van der Waals surface area contributed by atoms with Gasteiger partial charge in [0.15, 0.2) is 0 Å². The second-order valence-corrected chi connectivity index (χ2v) is 9.03. The van der Waals surface area contributed by atoms with Crippen molar-refractivity contribution in [1.82, 2.24) is 15.2 Å². The van der Waals surface area contributed by atoms with Crippen LogP contribution in [-0.4, -0.2) is 33.6 Å². The number of allylic oxidation sites excluding steroid dienone is 2. The van der Waals surface area contributed by atoms with Crippen LogP contribution in [0.5, 0.6) is 0 Å². The molecule has 0 saturated carbocycles. The second-order valence-electron chi connectivity index (χ2n) is 8.14. The summed E-state index contributed by atoms with van der Waals surface area (Å²) in [7, 11) is 0. The molecule has 0 radical (unpaired) electrons. The van der Waals surface area contributed by atoms with Gasteiger partial charge in [0.2, 0.25) is 17.7 Å². The maximum absolute atomic E-state index is 13.2. The van der Waals surface area contributed by atoms with E-state index in [2.05, 4.69) is 10.3 Å². The van der Waals surface area contributed by atoms with Gasteiger partial charge in [0.25, 0.3) is 0 Å². The molecule has 1 aromatic rings. The Morgan fingerprint density at radius 2 is 1.86 bits per heavy atom. The van der Waals surface area contributed by atoms with Crippen LogP contribution >= 0.6 is 11.3 Å². The number of likely N-dealkylation sites (tertiary alicyclic amines) is 1. The predicted octanol–water partition coefficient (Wildman–Crippen LogP) is 3.38. The summed E-state index contributed by atoms with van der Waals surface area (Å²) in [6.07, 6.45) is 6.25. The van der Waals surface area contributed by atoms with E-state index in [1.165, 1.54) is 16.2 Å². The van der Waals surface area contributed by atoms with E-state index in [4.69, 9.17) is 0 Å². The number of carbonyl (C=O) groups is 3. The van der Waals surface area contributed by atoms with Crippen molar-refractivity contribution in [2.24, 2.45) is 17.8 Å². The van der Waals surface area contributed by atoms with Crippen molar-refractivity contribution in [3.05, 3.63) is 28.2 Å². The number of imide groups is 1. The third-order valence-electron chi connectivity index (χ3n) is 5.51. The topological polar surface area (TPSA) is 79.4 Å². The molecule has 1 fully saturated rings. The molecular weight excluding hydrogens is 374 g/mol. The number of hydrogen-bond acceptors (Lipinski definition) is 5. The Bertz CT molecular complexity index is 760. The summed E-state index contributed by atoms with van der Waals surface area (Å²) in [5.41, 5.74) is 0.924. The summed E-state index contributed by atoms with van der Waals surface area (Å²) in [6, 6.07) is -0.974. The van der Waals surface area contributed by atoms with E-state index >= 15 is 0 Å². The molecule has 0 bridgehead atoms. The summed E-state index contributed by atoms with van der Waals surface area (Å²) in [4.78, 5) is 44.9. The fourth-order valence-corrected chi connectivity index (χ4v) is 4.98. The lowest BCUT2D eigenvalue weighted by molar-refractivity contribution is -0.148. The quantitative estimate of drug-likeness (QED) is 0.559. The van der Waals surface area contributed by atoms with Gasteiger partial charge in [-0.05, 0) is 38.5 Å². The third-order valence-corrected chi connectivity index (χ3v) is 6.59. The zero-order valence-corrected chi connectivity index (χ0v) is 17.8. The Balaban J connectivity index is 1.82. The Morgan fingerprint density at radius 1 is 1.25 bits per heavy atom. The van der Waals surface area contributed by atoms with Crippen molar-refractivity contribution in [2.75, 3.05) is 0 Å². The van der Waals surface area contributed by atoms with Gasteiger partial charge in [-0.25, -0.2) is 4.98 Å². The molecule has 1 N–H and O–H groups in total. The van der Waals surface area contributed by atoms with E-state index in [0.717, 1.165) is 10.7 Å². The Labute approximate surface area is 170 Å². The highest BCUT2D eigenvalue weighted by Gasteiger charge is 2.51. The molecule has 152 valence electrons. The summed E-state index contributed by atoms with van der Waals surface area (Å²) in [5, 5.41) is 5.86. The first-order valence-electron chi connectivity index (χ1n) is 10.1. The predicted molar refractivity (Wildman–Crippen MR) is 108 cm³/mol. The monoisotopic (exact) mass is 403 g/mol. The van der Waals surface area contributed by atoms with Crippen molar-refractivity contribution >= 4 is 29.1 Å². The van der Waals surface area contributed by atoms with Gasteiger partial charge in [-0.15, -0.1) is 11.3 Å². The van der Waals surface area contributed by atoms with Gasteiger partial charge in [0.1, 0.15) is 11.0 Å². The van der Waals surface area contributed by atoms with E-state index in [0.29, 0.717) is 25.7 Å². The maximum Gasteiger partial charge on any atom is 0.243 e. The van der Waals surface area contributed by atoms with Crippen LogP contribution in [0.15, 0.2) is 17.5 Å². The SMILES string of the molecule is CCC(NC(=O)C(CC(C)C)N1C(=O)C2CC=CCC2C1=O)c1nc(C)cs1. The minimum Gasteiger partial charge on any atom is -0.345 e. The fourth-order valence-electron chi connectivity index (χ4n) is 4.05. The van der Waals surface area contributed by atoms with E-state index < -0.39 is 6.04 Å². The summed E-state index contributed by atoms with van der Waals surface area (Å²) < 4.78 is 0. The molecule has 4 unspecified atom stereocenters. The number of rotatable bonds is 7. The summed E-state index contributed by atoms with van der Waals surface area (Å²) in [6.45, 7) is 7.92.